The van der Waals surface area contributed by atoms with E-state index in [0.717, 1.165) is 62.2 Å². The molecule has 0 aromatic heterocycles. The van der Waals surface area contributed by atoms with Crippen LogP contribution in [0.2, 0.25) is 0 Å². The third kappa shape index (κ3) is 9.20. The van der Waals surface area contributed by atoms with Gasteiger partial charge in [0.1, 0.15) is 30.8 Å². The van der Waals surface area contributed by atoms with Crippen LogP contribution >= 0.6 is 0 Å². The Labute approximate surface area is 328 Å². The van der Waals surface area contributed by atoms with E-state index in [1.165, 1.54) is 17.0 Å². The Hall–Kier alpha value is -4.50. The summed E-state index contributed by atoms with van der Waals surface area (Å²) in [7, 11) is 1.69. The summed E-state index contributed by atoms with van der Waals surface area (Å²) in [5.41, 5.74) is 3.22. The van der Waals surface area contributed by atoms with Crippen LogP contribution in [0, 0.1) is 27.9 Å². The highest BCUT2D eigenvalue weighted by Crippen LogP contribution is 2.61. The summed E-state index contributed by atoms with van der Waals surface area (Å²) in [4.78, 5) is 34.3. The van der Waals surface area contributed by atoms with Crippen LogP contribution in [0.15, 0.2) is 71.9 Å². The standard InChI is InChI=1S/C42H56N4O10/c1-4-23-54-42-38(44(3)41(49)52-5-2)27-36(43-55-28-29-12-14-31(15-13-29)46(50)51)34-25-30(10-6-8-21-47)33(11-7-9-22-48)39(40(34)42)35-26-32(16-17-37(35)56-42)53-24-20-45-18-19-45/h4,12-17,25-26,30,33,38-40,47-48H,1,5-11,18-24,27-28H2,2-3H3. The van der Waals surface area contributed by atoms with E-state index in [9.17, 15) is 25.1 Å². The maximum absolute atomic E-state index is 13.6. The number of likely N-dealkylation sites (N-methyl/N-ethyl adjacent to an activating group) is 1. The van der Waals surface area contributed by atoms with Gasteiger partial charge in [-0.1, -0.05) is 30.1 Å². The maximum atomic E-state index is 13.6. The summed E-state index contributed by atoms with van der Waals surface area (Å²) in [5, 5.41) is 35.7. The number of allylic oxidation sites excluding steroid dienone is 1. The summed E-state index contributed by atoms with van der Waals surface area (Å²) in [5.74, 6) is -0.496. The van der Waals surface area contributed by atoms with Crippen molar-refractivity contribution >= 4 is 17.5 Å². The molecule has 6 unspecified atom stereocenters. The quantitative estimate of drug-likeness (QED) is 0.0487. The number of ether oxygens (including phenoxy) is 4. The molecule has 2 N–H and O–H groups in total. The maximum Gasteiger partial charge on any atom is 0.409 e. The number of fused-ring (bicyclic) bond motifs is 2. The van der Waals surface area contributed by atoms with E-state index in [4.69, 9.17) is 28.9 Å². The molecule has 2 aromatic carbocycles. The number of nitrogens with zero attached hydrogens (tertiary/aromatic N) is 4. The molecule has 2 aliphatic heterocycles. The zero-order valence-electron chi connectivity index (χ0n) is 32.6. The Morgan fingerprint density at radius 2 is 1.88 bits per heavy atom. The van der Waals surface area contributed by atoms with E-state index in [1.807, 2.05) is 12.1 Å². The Balaban J connectivity index is 1.49. The van der Waals surface area contributed by atoms with E-state index in [-0.39, 0.29) is 62.9 Å². The van der Waals surface area contributed by atoms with E-state index in [2.05, 4.69) is 23.6 Å². The summed E-state index contributed by atoms with van der Waals surface area (Å²) < 4.78 is 25.9. The van der Waals surface area contributed by atoms with Gasteiger partial charge in [-0.05, 0) is 85.9 Å². The second-order valence-electron chi connectivity index (χ2n) is 15.0. The molecule has 304 valence electrons. The van der Waals surface area contributed by atoms with E-state index in [0.29, 0.717) is 36.5 Å². The number of nitro groups is 1. The highest BCUT2D eigenvalue weighted by Gasteiger charge is 2.65. The Bertz CT molecular complexity index is 1730. The average Bonchev–Trinajstić information content (AvgIpc) is 4.03. The first kappa shape index (κ1) is 41.1. The fourth-order valence-electron chi connectivity index (χ4n) is 8.66. The molecule has 14 heteroatoms. The molecule has 6 rings (SSSR count). The van der Waals surface area contributed by atoms with E-state index in [1.54, 1.807) is 32.2 Å². The molecule has 2 fully saturated rings. The monoisotopic (exact) mass is 776 g/mol. The Morgan fingerprint density at radius 1 is 1.12 bits per heavy atom. The third-order valence-electron chi connectivity index (χ3n) is 11.4. The summed E-state index contributed by atoms with van der Waals surface area (Å²) in [6.45, 7) is 9.89. The van der Waals surface area contributed by atoms with Crippen LogP contribution in [0.5, 0.6) is 11.5 Å². The van der Waals surface area contributed by atoms with Gasteiger partial charge in [0.05, 0.1) is 29.8 Å². The lowest BCUT2D eigenvalue weighted by atomic mass is 9.55. The first-order chi connectivity index (χ1) is 27.2. The molecule has 6 atom stereocenters. The molecule has 14 nitrogen and oxygen atoms in total. The highest BCUT2D eigenvalue weighted by atomic mass is 16.7. The van der Waals surface area contributed by atoms with Crippen LogP contribution in [0.25, 0.3) is 0 Å². The van der Waals surface area contributed by atoms with Crippen molar-refractivity contribution < 1.29 is 43.7 Å². The van der Waals surface area contributed by atoms with Crippen LogP contribution in [0.3, 0.4) is 0 Å². The fourth-order valence-corrected chi connectivity index (χ4v) is 8.66. The van der Waals surface area contributed by atoms with Gasteiger partial charge in [0.25, 0.3) is 5.69 Å². The van der Waals surface area contributed by atoms with Crippen molar-refractivity contribution in [1.29, 1.82) is 0 Å². The van der Waals surface area contributed by atoms with Crippen molar-refractivity contribution in [3.05, 3.63) is 88.0 Å². The number of rotatable bonds is 21. The van der Waals surface area contributed by atoms with Crippen LogP contribution in [0.1, 0.15) is 68.9 Å². The minimum absolute atomic E-state index is 0.0148. The number of hydrogen-bond donors (Lipinski definition) is 2. The predicted molar refractivity (Wildman–Crippen MR) is 210 cm³/mol. The van der Waals surface area contributed by atoms with Gasteiger partial charge in [-0.2, -0.15) is 0 Å². The van der Waals surface area contributed by atoms with Crippen LogP contribution in [-0.4, -0.2) is 108 Å². The van der Waals surface area contributed by atoms with Crippen molar-refractivity contribution in [2.75, 3.05) is 59.7 Å². The van der Waals surface area contributed by atoms with E-state index >= 15 is 0 Å². The zero-order valence-corrected chi connectivity index (χ0v) is 32.6. The lowest BCUT2D eigenvalue weighted by Gasteiger charge is -2.59. The average molecular weight is 777 g/mol. The van der Waals surface area contributed by atoms with Gasteiger partial charge in [-0.15, -0.1) is 6.58 Å². The zero-order chi connectivity index (χ0) is 39.7. The number of aliphatic hydroxyl groups is 2. The normalized spacial score (nSPS) is 25.6. The van der Waals surface area contributed by atoms with Crippen molar-refractivity contribution in [2.45, 2.75) is 76.2 Å². The number of unbranched alkanes of at least 4 members (excludes halogenated alkanes) is 2. The number of nitro benzene ring substituents is 1. The van der Waals surface area contributed by atoms with Crippen LogP contribution < -0.4 is 9.47 Å². The van der Waals surface area contributed by atoms with Crippen LogP contribution in [-0.2, 0) is 20.9 Å². The number of amides is 1. The first-order valence-corrected chi connectivity index (χ1v) is 19.9. The van der Waals surface area contributed by atoms with Gasteiger partial charge in [0, 0.05) is 69.9 Å². The minimum atomic E-state index is -1.39. The minimum Gasteiger partial charge on any atom is -0.492 e. The second kappa shape index (κ2) is 19.1. The summed E-state index contributed by atoms with van der Waals surface area (Å²) >= 11 is 0. The number of non-ortho nitro benzene ring substituents is 1. The third-order valence-corrected chi connectivity index (χ3v) is 11.4. The molecule has 2 heterocycles. The summed E-state index contributed by atoms with van der Waals surface area (Å²) in [6, 6.07) is 11.4. The first-order valence-electron chi connectivity index (χ1n) is 19.9. The topological polar surface area (TPSA) is 165 Å². The highest BCUT2D eigenvalue weighted by molar-refractivity contribution is 6.02. The Morgan fingerprint density at radius 3 is 2.55 bits per heavy atom. The number of aliphatic hydroxyl groups excluding tert-OH is 2. The molecule has 56 heavy (non-hydrogen) atoms. The van der Waals surface area contributed by atoms with Crippen molar-refractivity contribution in [2.24, 2.45) is 22.9 Å². The molecule has 1 saturated carbocycles. The second-order valence-corrected chi connectivity index (χ2v) is 15.0. The number of oxime groups is 1. The lowest BCUT2D eigenvalue weighted by molar-refractivity contribution is -0.384. The SMILES string of the molecule is C=CCOC12Oc3ccc(OCCN4CC4)cc3C3C(CCCCO)C(CCCCO)C=C(C(=NOCc4ccc([N+](=O)[O-])cc4)CC1N(C)C(=O)OCC)C32. The Kier molecular flexibility index (Phi) is 14.0. The molecular weight excluding hydrogens is 720 g/mol. The molecule has 1 saturated heterocycles. The summed E-state index contributed by atoms with van der Waals surface area (Å²) in [6.07, 6.45) is 8.23. The predicted octanol–water partition coefficient (Wildman–Crippen LogP) is 6.21. The van der Waals surface area contributed by atoms with Gasteiger partial charge in [-0.25, -0.2) is 4.79 Å². The van der Waals surface area contributed by atoms with Gasteiger partial charge in [0.15, 0.2) is 0 Å². The molecule has 1 amide bonds. The molecule has 0 bridgehead atoms. The molecule has 4 aliphatic rings. The van der Waals surface area contributed by atoms with Gasteiger partial charge in [0.2, 0.25) is 5.79 Å². The largest absolute Gasteiger partial charge is 0.492 e. The van der Waals surface area contributed by atoms with Crippen LogP contribution in [0.4, 0.5) is 10.5 Å². The van der Waals surface area contributed by atoms with Crippen molar-refractivity contribution in [1.82, 2.24) is 9.80 Å². The van der Waals surface area contributed by atoms with E-state index < -0.39 is 28.8 Å². The van der Waals surface area contributed by atoms with Gasteiger partial charge < -0.3 is 38.9 Å². The van der Waals surface area contributed by atoms with Gasteiger partial charge in [-0.3, -0.25) is 15.0 Å². The smallest absolute Gasteiger partial charge is 0.409 e. The molecule has 0 radical (unpaired) electrons. The number of hydrogen-bond acceptors (Lipinski definition) is 12. The number of carbonyl (C=O) groups is 1. The molecule has 2 aromatic rings. The molecular formula is C42H56N4O10. The number of benzene rings is 2. The van der Waals surface area contributed by atoms with Crippen molar-refractivity contribution in [3.63, 3.8) is 0 Å². The molecule has 2 aliphatic carbocycles. The van der Waals surface area contributed by atoms with Crippen molar-refractivity contribution in [3.8, 4) is 11.5 Å². The van der Waals surface area contributed by atoms with Gasteiger partial charge >= 0.3 is 6.09 Å². The fraction of sp³-hybridized carbons (Fsp3) is 0.571. The molecule has 0 spiro atoms. The number of carbonyl (C=O) groups excluding carboxylic acids is 1. The lowest BCUT2D eigenvalue weighted by Crippen LogP contribution is -2.69.